The first-order chi connectivity index (χ1) is 8.99. The van der Waals surface area contributed by atoms with E-state index >= 15 is 0 Å². The standard InChI is InChI=1S/C13H19N3O3/c1-8(17)9-2-4-16(5-3-9)12-11(14)6-10(7-15-12)13(18)19/h6-9,17H,2-5,14H2,1H3,(H,18,19). The Labute approximate surface area is 111 Å². The number of aliphatic hydroxyl groups is 1. The van der Waals surface area contributed by atoms with E-state index in [9.17, 15) is 9.90 Å². The largest absolute Gasteiger partial charge is 0.478 e. The number of piperidine rings is 1. The van der Waals surface area contributed by atoms with Crippen LogP contribution in [0.4, 0.5) is 11.5 Å². The van der Waals surface area contributed by atoms with E-state index in [0.29, 0.717) is 17.4 Å². The zero-order valence-electron chi connectivity index (χ0n) is 10.9. The highest BCUT2D eigenvalue weighted by molar-refractivity contribution is 5.89. The maximum absolute atomic E-state index is 10.8. The van der Waals surface area contributed by atoms with Gasteiger partial charge in [-0.3, -0.25) is 0 Å². The zero-order chi connectivity index (χ0) is 14.0. The number of hydrogen-bond acceptors (Lipinski definition) is 5. The summed E-state index contributed by atoms with van der Waals surface area (Å²) in [4.78, 5) is 17.0. The highest BCUT2D eigenvalue weighted by atomic mass is 16.4. The average Bonchev–Trinajstić information content (AvgIpc) is 2.38. The summed E-state index contributed by atoms with van der Waals surface area (Å²) in [6.07, 6.45) is 2.81. The van der Waals surface area contributed by atoms with Crippen LogP contribution < -0.4 is 10.6 Å². The maximum atomic E-state index is 10.8. The number of rotatable bonds is 3. The van der Waals surface area contributed by atoms with Gasteiger partial charge in [0.1, 0.15) is 0 Å². The number of nitrogen functional groups attached to an aromatic ring is 1. The fourth-order valence-corrected chi connectivity index (χ4v) is 2.45. The Morgan fingerprint density at radius 1 is 1.53 bits per heavy atom. The van der Waals surface area contributed by atoms with E-state index in [1.165, 1.54) is 12.3 Å². The molecule has 0 bridgehead atoms. The molecule has 1 aliphatic heterocycles. The van der Waals surface area contributed by atoms with Gasteiger partial charge in [0, 0.05) is 19.3 Å². The van der Waals surface area contributed by atoms with Crippen LogP contribution in [0.3, 0.4) is 0 Å². The molecule has 6 nitrogen and oxygen atoms in total. The molecule has 104 valence electrons. The average molecular weight is 265 g/mol. The van der Waals surface area contributed by atoms with Crippen LogP contribution in [0.25, 0.3) is 0 Å². The Hall–Kier alpha value is -1.82. The first-order valence-corrected chi connectivity index (χ1v) is 6.41. The first-order valence-electron chi connectivity index (χ1n) is 6.41. The van der Waals surface area contributed by atoms with E-state index in [4.69, 9.17) is 10.8 Å². The van der Waals surface area contributed by atoms with Crippen molar-refractivity contribution in [1.29, 1.82) is 0 Å². The predicted molar refractivity (Wildman–Crippen MR) is 72.2 cm³/mol. The van der Waals surface area contributed by atoms with Crippen molar-refractivity contribution < 1.29 is 15.0 Å². The van der Waals surface area contributed by atoms with Crippen LogP contribution in [0.2, 0.25) is 0 Å². The molecule has 2 heterocycles. The molecule has 2 rings (SSSR count). The quantitative estimate of drug-likeness (QED) is 0.752. The van der Waals surface area contributed by atoms with Gasteiger partial charge in [0.25, 0.3) is 0 Å². The number of carbonyl (C=O) groups is 1. The molecule has 1 atom stereocenters. The van der Waals surface area contributed by atoms with Gasteiger partial charge in [-0.1, -0.05) is 0 Å². The second-order valence-corrected chi connectivity index (χ2v) is 5.01. The molecule has 0 saturated carbocycles. The molecule has 0 radical (unpaired) electrons. The lowest BCUT2D eigenvalue weighted by Crippen LogP contribution is -2.37. The number of carboxylic acid groups (broad SMARTS) is 1. The Morgan fingerprint density at radius 2 is 2.16 bits per heavy atom. The Balaban J connectivity index is 2.09. The molecule has 1 aromatic heterocycles. The summed E-state index contributed by atoms with van der Waals surface area (Å²) in [5.74, 6) is -0.0802. The highest BCUT2D eigenvalue weighted by Gasteiger charge is 2.24. The Kier molecular flexibility index (Phi) is 3.90. The van der Waals surface area contributed by atoms with Crippen molar-refractivity contribution in [2.45, 2.75) is 25.9 Å². The molecule has 0 amide bonds. The molecule has 1 aromatic rings. The fourth-order valence-electron chi connectivity index (χ4n) is 2.45. The lowest BCUT2D eigenvalue weighted by Gasteiger charge is -2.34. The van der Waals surface area contributed by atoms with Gasteiger partial charge in [-0.05, 0) is 31.7 Å². The molecule has 1 unspecified atom stereocenters. The van der Waals surface area contributed by atoms with Crippen molar-refractivity contribution in [3.8, 4) is 0 Å². The van der Waals surface area contributed by atoms with E-state index in [1.54, 1.807) is 0 Å². The van der Waals surface area contributed by atoms with Crippen LogP contribution in [0.15, 0.2) is 12.3 Å². The Bertz CT molecular complexity index is 468. The van der Waals surface area contributed by atoms with Crippen LogP contribution in [0.1, 0.15) is 30.1 Å². The number of nitrogens with zero attached hydrogens (tertiary/aromatic N) is 2. The second kappa shape index (κ2) is 5.44. The van der Waals surface area contributed by atoms with E-state index in [1.807, 2.05) is 11.8 Å². The third-order valence-corrected chi connectivity index (χ3v) is 3.66. The van der Waals surface area contributed by atoms with Gasteiger partial charge >= 0.3 is 5.97 Å². The molecule has 4 N–H and O–H groups in total. The van der Waals surface area contributed by atoms with E-state index in [-0.39, 0.29) is 11.7 Å². The second-order valence-electron chi connectivity index (χ2n) is 5.01. The summed E-state index contributed by atoms with van der Waals surface area (Å²) in [6.45, 7) is 3.37. The third-order valence-electron chi connectivity index (χ3n) is 3.66. The normalized spacial score (nSPS) is 18.3. The van der Waals surface area contributed by atoms with Gasteiger partial charge in [-0.15, -0.1) is 0 Å². The summed E-state index contributed by atoms with van der Waals surface area (Å²) in [5, 5.41) is 18.4. The predicted octanol–water partition coefficient (Wildman–Crippen LogP) is 0.959. The molecule has 1 saturated heterocycles. The van der Waals surface area contributed by atoms with Crippen LogP contribution in [-0.2, 0) is 0 Å². The van der Waals surface area contributed by atoms with Crippen molar-refractivity contribution in [3.63, 3.8) is 0 Å². The molecule has 1 aliphatic rings. The van der Waals surface area contributed by atoms with Gasteiger partial charge in [0.05, 0.1) is 17.4 Å². The van der Waals surface area contributed by atoms with E-state index in [0.717, 1.165) is 25.9 Å². The molecular formula is C13H19N3O3. The summed E-state index contributed by atoms with van der Waals surface area (Å²) in [6, 6.07) is 1.44. The van der Waals surface area contributed by atoms with Gasteiger partial charge < -0.3 is 20.8 Å². The maximum Gasteiger partial charge on any atom is 0.337 e. The van der Waals surface area contributed by atoms with Crippen molar-refractivity contribution in [2.75, 3.05) is 23.7 Å². The number of carboxylic acids is 1. The van der Waals surface area contributed by atoms with Crippen LogP contribution >= 0.6 is 0 Å². The number of nitrogens with two attached hydrogens (primary N) is 1. The number of pyridine rings is 1. The highest BCUT2D eigenvalue weighted by Crippen LogP contribution is 2.27. The topological polar surface area (TPSA) is 99.7 Å². The first kappa shape index (κ1) is 13.6. The molecule has 1 fully saturated rings. The van der Waals surface area contributed by atoms with Gasteiger partial charge in [0.15, 0.2) is 5.82 Å². The van der Waals surface area contributed by atoms with Crippen molar-refractivity contribution in [3.05, 3.63) is 17.8 Å². The van der Waals surface area contributed by atoms with Gasteiger partial charge in [-0.2, -0.15) is 0 Å². The van der Waals surface area contributed by atoms with Gasteiger partial charge in [0.2, 0.25) is 0 Å². The molecule has 6 heteroatoms. The fraction of sp³-hybridized carbons (Fsp3) is 0.538. The lowest BCUT2D eigenvalue weighted by atomic mass is 9.92. The van der Waals surface area contributed by atoms with E-state index < -0.39 is 5.97 Å². The zero-order valence-corrected chi connectivity index (χ0v) is 10.9. The number of aromatic nitrogens is 1. The summed E-state index contributed by atoms with van der Waals surface area (Å²) >= 11 is 0. The minimum atomic E-state index is -1.03. The van der Waals surface area contributed by atoms with Gasteiger partial charge in [-0.25, -0.2) is 9.78 Å². The molecule has 19 heavy (non-hydrogen) atoms. The summed E-state index contributed by atoms with van der Waals surface area (Å²) in [7, 11) is 0. The number of aromatic carboxylic acids is 1. The van der Waals surface area contributed by atoms with Crippen molar-refractivity contribution in [2.24, 2.45) is 5.92 Å². The monoisotopic (exact) mass is 265 g/mol. The van der Waals surface area contributed by atoms with Crippen LogP contribution in [-0.4, -0.2) is 40.4 Å². The van der Waals surface area contributed by atoms with Crippen LogP contribution in [0, 0.1) is 5.92 Å². The summed E-state index contributed by atoms with van der Waals surface area (Å²) in [5.41, 5.74) is 6.35. The number of anilines is 2. The summed E-state index contributed by atoms with van der Waals surface area (Å²) < 4.78 is 0. The third kappa shape index (κ3) is 2.96. The number of hydrogen-bond donors (Lipinski definition) is 3. The molecule has 0 aliphatic carbocycles. The smallest absolute Gasteiger partial charge is 0.337 e. The lowest BCUT2D eigenvalue weighted by molar-refractivity contribution is 0.0696. The molecule has 0 aromatic carbocycles. The Morgan fingerprint density at radius 3 is 2.63 bits per heavy atom. The van der Waals surface area contributed by atoms with E-state index in [2.05, 4.69) is 4.98 Å². The van der Waals surface area contributed by atoms with Crippen molar-refractivity contribution in [1.82, 2.24) is 4.98 Å². The SMILES string of the molecule is CC(O)C1CCN(c2ncc(C(=O)O)cc2N)CC1. The molecular weight excluding hydrogens is 246 g/mol. The van der Waals surface area contributed by atoms with Crippen molar-refractivity contribution >= 4 is 17.5 Å². The minimum Gasteiger partial charge on any atom is -0.478 e. The van der Waals surface area contributed by atoms with Crippen LogP contribution in [0.5, 0.6) is 0 Å². The molecule has 0 spiro atoms. The number of aliphatic hydroxyl groups excluding tert-OH is 1. The minimum absolute atomic E-state index is 0.0973.